The monoisotopic (exact) mass is 531 g/mol. The third-order valence-corrected chi connectivity index (χ3v) is 7.64. The van der Waals surface area contributed by atoms with Crippen molar-refractivity contribution in [2.75, 3.05) is 58.9 Å². The average molecular weight is 532 g/mol. The van der Waals surface area contributed by atoms with Crippen molar-refractivity contribution in [2.45, 2.75) is 122 Å². The zero-order chi connectivity index (χ0) is 27.5. The van der Waals surface area contributed by atoms with E-state index in [4.69, 9.17) is 0 Å². The molecule has 2 fully saturated rings. The molecule has 0 aliphatic carbocycles. The predicted molar refractivity (Wildman–Crippen MR) is 169 cm³/mol. The van der Waals surface area contributed by atoms with Crippen LogP contribution in [0.15, 0.2) is 0 Å². The van der Waals surface area contributed by atoms with Crippen molar-refractivity contribution in [1.29, 1.82) is 0 Å². The van der Waals surface area contributed by atoms with Gasteiger partial charge in [0.15, 0.2) is 0 Å². The maximum absolute atomic E-state index is 3.41. The lowest BCUT2D eigenvalue weighted by Crippen LogP contribution is -2.29. The van der Waals surface area contributed by atoms with E-state index in [0.717, 1.165) is 58.4 Å². The van der Waals surface area contributed by atoms with Crippen LogP contribution in [0.25, 0.3) is 0 Å². The fourth-order valence-electron chi connectivity index (χ4n) is 5.06. The molecule has 2 saturated heterocycles. The van der Waals surface area contributed by atoms with Crippen molar-refractivity contribution in [2.24, 2.45) is 0 Å². The fraction of sp³-hybridized carbons (Fsp3) is 0.778. The molecule has 3 heteroatoms. The molecule has 0 aromatic carbocycles. The number of nitrogens with zero attached hydrogens (tertiary/aromatic N) is 3. The third kappa shape index (κ3) is 19.8. The molecule has 0 unspecified atom stereocenters. The van der Waals surface area contributed by atoms with Gasteiger partial charge < -0.3 is 0 Å². The highest BCUT2D eigenvalue weighted by Crippen LogP contribution is 2.08. The van der Waals surface area contributed by atoms with Crippen LogP contribution < -0.4 is 0 Å². The van der Waals surface area contributed by atoms with Gasteiger partial charge in [-0.15, -0.1) is 23.7 Å². The summed E-state index contributed by atoms with van der Waals surface area (Å²) in [5, 5.41) is 0. The normalized spacial score (nSPS) is 15.7. The van der Waals surface area contributed by atoms with Crippen molar-refractivity contribution in [3.8, 4) is 47.4 Å². The van der Waals surface area contributed by atoms with E-state index in [1.54, 1.807) is 0 Å². The van der Waals surface area contributed by atoms with Crippen molar-refractivity contribution < 1.29 is 0 Å². The molecule has 0 saturated carbocycles. The topological polar surface area (TPSA) is 9.72 Å². The summed E-state index contributed by atoms with van der Waals surface area (Å²) in [6.07, 6.45) is 22.0. The van der Waals surface area contributed by atoms with Crippen LogP contribution in [0.5, 0.6) is 0 Å². The van der Waals surface area contributed by atoms with Crippen molar-refractivity contribution in [3.63, 3.8) is 0 Å². The Bertz CT molecular complexity index is 767. The summed E-state index contributed by atoms with van der Waals surface area (Å²) >= 11 is 0. The third-order valence-electron chi connectivity index (χ3n) is 7.64. The summed E-state index contributed by atoms with van der Waals surface area (Å²) < 4.78 is 0. The molecule has 0 amide bonds. The molecule has 39 heavy (non-hydrogen) atoms. The Balaban J connectivity index is 1.45. The zero-order valence-electron chi connectivity index (χ0n) is 25.4. The first kappa shape index (κ1) is 33.3. The Morgan fingerprint density at radius 2 is 0.872 bits per heavy atom. The number of rotatable bonds is 15. The van der Waals surface area contributed by atoms with E-state index in [9.17, 15) is 0 Å². The Kier molecular flexibility index (Phi) is 21.5. The first-order valence-electron chi connectivity index (χ1n) is 16.4. The van der Waals surface area contributed by atoms with Crippen molar-refractivity contribution >= 4 is 0 Å². The number of hydrogen-bond donors (Lipinski definition) is 0. The molecule has 2 rings (SSSR count). The van der Waals surface area contributed by atoms with Gasteiger partial charge in [0.05, 0.1) is 26.2 Å². The van der Waals surface area contributed by atoms with Gasteiger partial charge >= 0.3 is 0 Å². The van der Waals surface area contributed by atoms with Crippen LogP contribution in [0.3, 0.4) is 0 Å². The lowest BCUT2D eigenvalue weighted by Gasteiger charge is -2.23. The first-order valence-corrected chi connectivity index (χ1v) is 16.4. The molecule has 0 aromatic rings. The molecule has 0 aromatic heterocycles. The molecule has 0 spiro atoms. The molecule has 3 nitrogen and oxygen atoms in total. The summed E-state index contributed by atoms with van der Waals surface area (Å²) in [6, 6.07) is 0. The van der Waals surface area contributed by atoms with Gasteiger partial charge in [-0.25, -0.2) is 0 Å². The molecular weight excluding hydrogens is 474 g/mol. The van der Waals surface area contributed by atoms with Crippen LogP contribution in [-0.4, -0.2) is 73.6 Å². The summed E-state index contributed by atoms with van der Waals surface area (Å²) in [4.78, 5) is 7.41. The summed E-state index contributed by atoms with van der Waals surface area (Å²) in [5.41, 5.74) is 0. The minimum absolute atomic E-state index is 0.854. The minimum Gasteiger partial charge on any atom is -0.292 e. The van der Waals surface area contributed by atoms with E-state index in [1.165, 1.54) is 116 Å². The van der Waals surface area contributed by atoms with E-state index in [-0.39, 0.29) is 0 Å². The van der Waals surface area contributed by atoms with Crippen LogP contribution >= 0.6 is 0 Å². The van der Waals surface area contributed by atoms with Gasteiger partial charge in [0.2, 0.25) is 0 Å². The first-order chi connectivity index (χ1) is 19.4. The highest BCUT2D eigenvalue weighted by molar-refractivity contribution is 5.06. The highest BCUT2D eigenvalue weighted by Gasteiger charge is 2.08. The fourth-order valence-corrected chi connectivity index (χ4v) is 5.06. The van der Waals surface area contributed by atoms with Crippen molar-refractivity contribution in [1.82, 2.24) is 14.7 Å². The maximum Gasteiger partial charge on any atom is 0.0609 e. The van der Waals surface area contributed by atoms with Gasteiger partial charge in [-0.2, -0.15) is 0 Å². The van der Waals surface area contributed by atoms with E-state index in [2.05, 4.69) is 69.0 Å². The van der Waals surface area contributed by atoms with Gasteiger partial charge in [-0.05, 0) is 84.0 Å². The molecule has 0 atom stereocenters. The largest absolute Gasteiger partial charge is 0.292 e. The second-order valence-electron chi connectivity index (χ2n) is 11.3. The van der Waals surface area contributed by atoms with Crippen LogP contribution in [0.4, 0.5) is 0 Å². The van der Waals surface area contributed by atoms with Gasteiger partial charge in [0.25, 0.3) is 0 Å². The Labute approximate surface area is 243 Å². The van der Waals surface area contributed by atoms with Crippen LogP contribution in [0.2, 0.25) is 0 Å². The second kappa shape index (κ2) is 25.1. The minimum atomic E-state index is 0.854. The van der Waals surface area contributed by atoms with Gasteiger partial charge in [0, 0.05) is 32.2 Å². The van der Waals surface area contributed by atoms with E-state index >= 15 is 0 Å². The van der Waals surface area contributed by atoms with Crippen LogP contribution in [0, 0.1) is 47.4 Å². The van der Waals surface area contributed by atoms with Gasteiger partial charge in [-0.3, -0.25) is 14.7 Å². The van der Waals surface area contributed by atoms with Gasteiger partial charge in [0.1, 0.15) is 0 Å². The standard InChI is InChI=1S/C36H57N3/c1-2-3-28-37(29-20-14-10-6-4-8-12-16-22-31-38-33-24-18-25-34-38)30-21-15-11-7-5-9-13-17-23-32-39-35-26-19-27-36-39/h2-13,18-19,24-36H2,1H3. The zero-order valence-corrected chi connectivity index (χ0v) is 25.4. The highest BCUT2D eigenvalue weighted by atomic mass is 15.1. The molecule has 2 aliphatic rings. The smallest absolute Gasteiger partial charge is 0.0609 e. The SMILES string of the molecule is CCCCN(CC#CCCCCCC#CCN1CCCCC1)CC#CCCCCCC#CCN1CCCCC1. The van der Waals surface area contributed by atoms with E-state index in [0.29, 0.717) is 0 Å². The number of unbranched alkanes of at least 4 members (excludes halogenated alkanes) is 9. The Hall–Kier alpha value is -1.88. The molecule has 2 heterocycles. The van der Waals surface area contributed by atoms with Gasteiger partial charge in [-0.1, -0.05) is 62.7 Å². The Morgan fingerprint density at radius 3 is 1.28 bits per heavy atom. The summed E-state index contributed by atoms with van der Waals surface area (Å²) in [5.74, 6) is 27.1. The molecule has 0 N–H and O–H groups in total. The molecular formula is C36H57N3. The number of hydrogen-bond acceptors (Lipinski definition) is 3. The lowest BCUT2D eigenvalue weighted by molar-refractivity contribution is 0.255. The van der Waals surface area contributed by atoms with E-state index in [1.807, 2.05) is 0 Å². The van der Waals surface area contributed by atoms with Crippen LogP contribution in [-0.2, 0) is 0 Å². The van der Waals surface area contributed by atoms with Crippen LogP contribution in [0.1, 0.15) is 122 Å². The number of piperidine rings is 2. The van der Waals surface area contributed by atoms with Crippen molar-refractivity contribution in [3.05, 3.63) is 0 Å². The summed E-state index contributed by atoms with van der Waals surface area (Å²) in [6.45, 7) is 12.0. The molecule has 2 aliphatic heterocycles. The maximum atomic E-state index is 3.41. The Morgan fingerprint density at radius 1 is 0.462 bits per heavy atom. The molecule has 216 valence electrons. The quantitative estimate of drug-likeness (QED) is 0.167. The predicted octanol–water partition coefficient (Wildman–Crippen LogP) is 6.97. The summed E-state index contributed by atoms with van der Waals surface area (Å²) in [7, 11) is 0. The lowest BCUT2D eigenvalue weighted by atomic mass is 10.1. The average Bonchev–Trinajstić information content (AvgIpc) is 2.98. The molecule has 0 radical (unpaired) electrons. The second-order valence-corrected chi connectivity index (χ2v) is 11.3. The van der Waals surface area contributed by atoms with E-state index < -0.39 is 0 Å². The molecule has 0 bridgehead atoms. The number of likely N-dealkylation sites (tertiary alicyclic amines) is 2.